The number of aryl methyl sites for hydroxylation is 1. The zero-order valence-electron chi connectivity index (χ0n) is 13.0. The molecule has 122 valence electrons. The first-order valence-electron chi connectivity index (χ1n) is 7.02. The normalized spacial score (nSPS) is 13.3. The van der Waals surface area contributed by atoms with Crippen molar-refractivity contribution in [3.05, 3.63) is 27.4 Å². The fourth-order valence-corrected chi connectivity index (χ4v) is 3.49. The van der Waals surface area contributed by atoms with Crippen LogP contribution in [0.15, 0.2) is 17.5 Å². The molecule has 2 aromatic heterocycles. The second-order valence-corrected chi connectivity index (χ2v) is 7.44. The molecule has 0 spiro atoms. The summed E-state index contributed by atoms with van der Waals surface area (Å²) in [6.45, 7) is 6.36. The largest absolute Gasteiger partial charge is 0.355 e. The summed E-state index contributed by atoms with van der Waals surface area (Å²) in [4.78, 5) is 18.7. The van der Waals surface area contributed by atoms with Gasteiger partial charge in [0.05, 0.1) is 15.6 Å². The number of amides is 1. The summed E-state index contributed by atoms with van der Waals surface area (Å²) in [6, 6.07) is 4.09. The monoisotopic (exact) mass is 359 g/mol. The van der Waals surface area contributed by atoms with Crippen LogP contribution in [0.25, 0.3) is 10.6 Å². The van der Waals surface area contributed by atoms with Crippen LogP contribution in [0.4, 0.5) is 0 Å². The number of nitrogens with two attached hydrogens (primary N) is 1. The fourth-order valence-electron chi connectivity index (χ4n) is 1.84. The van der Waals surface area contributed by atoms with Gasteiger partial charge in [0, 0.05) is 28.8 Å². The zero-order valence-corrected chi connectivity index (χ0v) is 15.4. The molecule has 3 N–H and O–H groups in total. The van der Waals surface area contributed by atoms with Crippen molar-refractivity contribution in [2.24, 2.45) is 11.7 Å². The maximum absolute atomic E-state index is 11.8. The molecule has 4 nitrogen and oxygen atoms in total. The summed E-state index contributed by atoms with van der Waals surface area (Å²) in [6.07, 6.45) is 0.838. The highest BCUT2D eigenvalue weighted by Gasteiger charge is 2.16. The predicted octanol–water partition coefficient (Wildman–Crippen LogP) is 3.24. The number of carbonyl (C=O) groups is 1. The van der Waals surface area contributed by atoms with Crippen LogP contribution >= 0.6 is 35.1 Å². The second kappa shape index (κ2) is 8.62. The first-order chi connectivity index (χ1) is 9.97. The van der Waals surface area contributed by atoms with Crippen LogP contribution in [-0.4, -0.2) is 23.5 Å². The molecule has 0 fully saturated rings. The molecular weight excluding hydrogens is 338 g/mol. The van der Waals surface area contributed by atoms with Crippen LogP contribution in [0.5, 0.6) is 0 Å². The van der Waals surface area contributed by atoms with E-state index in [1.165, 1.54) is 9.75 Å². The quantitative estimate of drug-likeness (QED) is 0.831. The Morgan fingerprint density at radius 3 is 2.73 bits per heavy atom. The van der Waals surface area contributed by atoms with Crippen molar-refractivity contribution in [3.8, 4) is 10.6 Å². The fraction of sp³-hybridized carbons (Fsp3) is 0.467. The SMILES string of the molecule is Cc1nc(-c2ccc(CCNC(=O)C(C)C(C)N)s2)cs1.Cl. The third-order valence-electron chi connectivity index (χ3n) is 3.41. The maximum Gasteiger partial charge on any atom is 0.224 e. The van der Waals surface area contributed by atoms with Gasteiger partial charge in [-0.25, -0.2) is 4.98 Å². The van der Waals surface area contributed by atoms with Gasteiger partial charge in [0.15, 0.2) is 0 Å². The second-order valence-electron chi connectivity index (χ2n) is 5.21. The number of carbonyl (C=O) groups excluding carboxylic acids is 1. The summed E-state index contributed by atoms with van der Waals surface area (Å²) in [5.41, 5.74) is 6.77. The molecule has 0 aliphatic rings. The lowest BCUT2D eigenvalue weighted by Crippen LogP contribution is -2.39. The van der Waals surface area contributed by atoms with Crippen molar-refractivity contribution < 1.29 is 4.79 Å². The summed E-state index contributed by atoms with van der Waals surface area (Å²) >= 11 is 3.40. The molecule has 22 heavy (non-hydrogen) atoms. The molecule has 2 rings (SSSR count). The van der Waals surface area contributed by atoms with E-state index < -0.39 is 0 Å². The number of hydrogen-bond acceptors (Lipinski definition) is 5. The highest BCUT2D eigenvalue weighted by Crippen LogP contribution is 2.29. The average Bonchev–Trinajstić information content (AvgIpc) is 3.06. The lowest BCUT2D eigenvalue weighted by molar-refractivity contribution is -0.124. The van der Waals surface area contributed by atoms with Gasteiger partial charge in [-0.15, -0.1) is 35.1 Å². The predicted molar refractivity (Wildman–Crippen MR) is 96.9 cm³/mol. The summed E-state index contributed by atoms with van der Waals surface area (Å²) < 4.78 is 0. The van der Waals surface area contributed by atoms with Gasteiger partial charge in [-0.1, -0.05) is 6.92 Å². The van der Waals surface area contributed by atoms with Crippen LogP contribution < -0.4 is 11.1 Å². The van der Waals surface area contributed by atoms with Gasteiger partial charge in [-0.05, 0) is 32.4 Å². The minimum Gasteiger partial charge on any atom is -0.355 e. The van der Waals surface area contributed by atoms with Gasteiger partial charge >= 0.3 is 0 Å². The van der Waals surface area contributed by atoms with E-state index in [9.17, 15) is 4.79 Å². The number of halogens is 1. The average molecular weight is 360 g/mol. The first-order valence-corrected chi connectivity index (χ1v) is 8.71. The van der Waals surface area contributed by atoms with Gasteiger partial charge < -0.3 is 11.1 Å². The Morgan fingerprint density at radius 1 is 1.41 bits per heavy atom. The van der Waals surface area contributed by atoms with E-state index in [-0.39, 0.29) is 30.3 Å². The van der Waals surface area contributed by atoms with Crippen LogP contribution in [0, 0.1) is 12.8 Å². The molecule has 0 aliphatic heterocycles. The molecule has 0 aliphatic carbocycles. The Kier molecular flexibility index (Phi) is 7.48. The van der Waals surface area contributed by atoms with Crippen molar-refractivity contribution in [3.63, 3.8) is 0 Å². The van der Waals surface area contributed by atoms with Crippen LogP contribution in [0.1, 0.15) is 23.7 Å². The van der Waals surface area contributed by atoms with Crippen molar-refractivity contribution in [1.29, 1.82) is 0 Å². The highest BCUT2D eigenvalue weighted by atomic mass is 35.5. The summed E-state index contributed by atoms with van der Waals surface area (Å²) in [5, 5.41) is 6.10. The van der Waals surface area contributed by atoms with Crippen LogP contribution in [0.2, 0.25) is 0 Å². The molecular formula is C15H22ClN3OS2. The van der Waals surface area contributed by atoms with E-state index in [4.69, 9.17) is 5.73 Å². The van der Waals surface area contributed by atoms with Gasteiger partial charge in [-0.3, -0.25) is 4.79 Å². The lowest BCUT2D eigenvalue weighted by atomic mass is 10.0. The Morgan fingerprint density at radius 2 is 2.14 bits per heavy atom. The minimum absolute atomic E-state index is 0. The molecule has 2 atom stereocenters. The van der Waals surface area contributed by atoms with E-state index in [1.807, 2.05) is 20.8 Å². The highest BCUT2D eigenvalue weighted by molar-refractivity contribution is 7.16. The first kappa shape index (κ1) is 19.1. The van der Waals surface area contributed by atoms with Gasteiger partial charge in [-0.2, -0.15) is 0 Å². The van der Waals surface area contributed by atoms with Crippen molar-refractivity contribution in [1.82, 2.24) is 10.3 Å². The van der Waals surface area contributed by atoms with E-state index in [0.717, 1.165) is 17.1 Å². The van der Waals surface area contributed by atoms with Gasteiger partial charge in [0.1, 0.15) is 0 Å². The molecule has 0 bridgehead atoms. The molecule has 0 saturated carbocycles. The van der Waals surface area contributed by atoms with Crippen LogP contribution in [0.3, 0.4) is 0 Å². The molecule has 0 saturated heterocycles. The minimum atomic E-state index is -0.151. The van der Waals surface area contributed by atoms with E-state index >= 15 is 0 Å². The molecule has 2 aromatic rings. The Hall–Kier alpha value is -0.950. The summed E-state index contributed by atoms with van der Waals surface area (Å²) in [7, 11) is 0. The number of hydrogen-bond donors (Lipinski definition) is 2. The van der Waals surface area contributed by atoms with E-state index in [2.05, 4.69) is 27.8 Å². The Bertz CT molecular complexity index is 609. The number of nitrogens with one attached hydrogen (secondary N) is 1. The van der Waals surface area contributed by atoms with Crippen LogP contribution in [-0.2, 0) is 11.2 Å². The third-order valence-corrected chi connectivity index (χ3v) is 5.35. The Balaban J connectivity index is 0.00000242. The number of rotatable bonds is 6. The van der Waals surface area contributed by atoms with Crippen molar-refractivity contribution in [2.45, 2.75) is 33.2 Å². The molecule has 0 radical (unpaired) electrons. The van der Waals surface area contributed by atoms with Gasteiger partial charge in [0.2, 0.25) is 5.91 Å². The smallest absolute Gasteiger partial charge is 0.224 e. The van der Waals surface area contributed by atoms with Crippen molar-refractivity contribution in [2.75, 3.05) is 6.54 Å². The number of nitrogens with zero attached hydrogens (tertiary/aromatic N) is 1. The number of thiazole rings is 1. The molecule has 1 amide bonds. The topological polar surface area (TPSA) is 68.0 Å². The zero-order chi connectivity index (χ0) is 15.4. The van der Waals surface area contributed by atoms with E-state index in [1.54, 1.807) is 22.7 Å². The van der Waals surface area contributed by atoms with E-state index in [0.29, 0.717) is 6.54 Å². The summed E-state index contributed by atoms with van der Waals surface area (Å²) in [5.74, 6) is -0.126. The molecule has 7 heteroatoms. The molecule has 0 aromatic carbocycles. The molecule has 2 unspecified atom stereocenters. The number of aromatic nitrogens is 1. The standard InChI is InChI=1S/C15H21N3OS2.ClH/c1-9(10(2)16)15(19)17-7-6-12-4-5-14(21-12)13-8-20-11(3)18-13;/h4-5,8-10H,6-7,16H2,1-3H3,(H,17,19);1H. The lowest BCUT2D eigenvalue weighted by Gasteiger charge is -2.14. The Labute approximate surface area is 145 Å². The number of thiophene rings is 1. The van der Waals surface area contributed by atoms with Gasteiger partial charge in [0.25, 0.3) is 0 Å². The molecule has 2 heterocycles. The third kappa shape index (κ3) is 5.05. The maximum atomic E-state index is 11.8. The van der Waals surface area contributed by atoms with Crippen molar-refractivity contribution >= 4 is 41.0 Å².